The minimum atomic E-state index is -2.04. The maximum Gasteiger partial charge on any atom is 0.326 e. The molecule has 2 aromatic rings. The van der Waals surface area contributed by atoms with Crippen LogP contribution >= 0.6 is 25.3 Å². The fraction of sp³-hybridized carbons (Fsp3) is 0.625. The third-order valence-corrected chi connectivity index (χ3v) is 21.6. The number of aliphatic hydroxyl groups excluding tert-OH is 3. The first kappa shape index (κ1) is 113. The van der Waals surface area contributed by atoms with Gasteiger partial charge in [0.15, 0.2) is 5.96 Å². The van der Waals surface area contributed by atoms with Gasteiger partial charge in [-0.05, 0) is 152 Å². The van der Waals surface area contributed by atoms with E-state index in [2.05, 4.69) is 105 Å². The monoisotopic (exact) mass is 1880 g/mol. The van der Waals surface area contributed by atoms with E-state index in [1.54, 1.807) is 27.7 Å². The predicted molar refractivity (Wildman–Crippen MR) is 478 cm³/mol. The Morgan fingerprint density at radius 2 is 0.831 bits per heavy atom. The molecular weight excluding hydrogens is 1740 g/mol. The number of carboxylic acid groups (broad SMARTS) is 1. The molecule has 2 aromatic carbocycles. The molecule has 1 aliphatic rings. The smallest absolute Gasteiger partial charge is 0.326 e. The zero-order chi connectivity index (χ0) is 98.0. The van der Waals surface area contributed by atoms with Crippen LogP contribution in [0.15, 0.2) is 48.5 Å². The van der Waals surface area contributed by atoms with Gasteiger partial charge >= 0.3 is 5.97 Å². The zero-order valence-electron chi connectivity index (χ0n) is 73.6. The molecule has 0 unspecified atom stereocenters. The van der Waals surface area contributed by atoms with Crippen molar-refractivity contribution in [2.45, 2.75) is 239 Å². The van der Waals surface area contributed by atoms with Gasteiger partial charge in [0.1, 0.15) is 102 Å². The van der Waals surface area contributed by atoms with Crippen LogP contribution in [0.2, 0.25) is 0 Å². The van der Waals surface area contributed by atoms with Gasteiger partial charge in [-0.25, -0.2) is 4.79 Å². The minimum Gasteiger partial charge on any atom is -0.508 e. The fourth-order valence-corrected chi connectivity index (χ4v) is 13.7. The Morgan fingerprint density at radius 3 is 1.20 bits per heavy atom. The molecule has 1 fully saturated rings. The van der Waals surface area contributed by atoms with Crippen LogP contribution in [0.5, 0.6) is 11.5 Å². The number of aliphatic carboxylic acids is 1. The number of guanidine groups is 1. The molecule has 16 amide bonds. The van der Waals surface area contributed by atoms with E-state index in [-0.39, 0.29) is 127 Å². The molecule has 1 saturated heterocycles. The van der Waals surface area contributed by atoms with Crippen LogP contribution in [-0.4, -0.2) is 314 Å². The zero-order valence-corrected chi connectivity index (χ0v) is 75.4. The molecule has 48 nitrogen and oxygen atoms in total. The number of unbranched alkanes of at least 4 members (excludes halogenated alkanes) is 1. The van der Waals surface area contributed by atoms with Crippen molar-refractivity contribution in [1.29, 1.82) is 5.41 Å². The number of hydrogen-bond donors (Lipinski definition) is 32. The van der Waals surface area contributed by atoms with Crippen LogP contribution in [0.4, 0.5) is 0 Å². The number of benzene rings is 2. The molecule has 50 heteroatoms. The van der Waals surface area contributed by atoms with Crippen molar-refractivity contribution in [1.82, 2.24) is 84.7 Å². The van der Waals surface area contributed by atoms with Gasteiger partial charge in [0, 0.05) is 42.9 Å². The molecule has 18 atom stereocenters. The van der Waals surface area contributed by atoms with Crippen molar-refractivity contribution in [3.8, 4) is 11.5 Å². The summed E-state index contributed by atoms with van der Waals surface area (Å²) in [4.78, 5) is 238. The van der Waals surface area contributed by atoms with Crippen LogP contribution in [-0.2, 0) is 94.3 Å². The number of hydrogen-bond acceptors (Lipinski definition) is 31. The first-order valence-electron chi connectivity index (χ1n) is 42.5. The first-order valence-corrected chi connectivity index (χ1v) is 43.5. The fourth-order valence-electron chi connectivity index (χ4n) is 13.2. The summed E-state index contributed by atoms with van der Waals surface area (Å²) in [5, 5.41) is 106. The number of primary amides is 1. The highest BCUT2D eigenvalue weighted by atomic mass is 32.1. The molecule has 1 aliphatic heterocycles. The second kappa shape index (κ2) is 57.0. The lowest BCUT2D eigenvalue weighted by molar-refractivity contribution is -0.142. The number of carbonyl (C=O) groups excluding carboxylic acids is 16. The Balaban J connectivity index is 1.88. The number of amides is 16. The van der Waals surface area contributed by atoms with Crippen LogP contribution in [0.3, 0.4) is 0 Å². The number of nitrogens with zero attached hydrogens (tertiary/aromatic N) is 1. The van der Waals surface area contributed by atoms with Gasteiger partial charge in [-0.2, -0.15) is 25.3 Å². The Kier molecular flexibility index (Phi) is 49.4. The van der Waals surface area contributed by atoms with Crippen LogP contribution in [0.25, 0.3) is 0 Å². The molecule has 0 saturated carbocycles. The summed E-state index contributed by atoms with van der Waals surface area (Å²) in [7, 11) is 0. The molecule has 0 radical (unpaired) electrons. The van der Waals surface area contributed by atoms with Crippen LogP contribution < -0.4 is 126 Å². The number of carboxylic acids is 1. The van der Waals surface area contributed by atoms with E-state index in [1.165, 1.54) is 62.4 Å². The number of likely N-dealkylation sites (tertiary alicyclic amines) is 1. The maximum atomic E-state index is 14.7. The number of nitrogens with two attached hydrogens (primary N) is 8. The van der Waals surface area contributed by atoms with Crippen LogP contribution in [0.1, 0.15) is 130 Å². The average Bonchev–Trinajstić information content (AvgIpc) is 1.63. The molecule has 130 heavy (non-hydrogen) atoms. The Labute approximate surface area is 763 Å². The number of β-amino-alcohol motifs (C(OH)–C–C–N with tert-alkyl or cyclic N) is 1. The minimum absolute atomic E-state index is 0.0835. The molecule has 38 N–H and O–H groups in total. The average molecular weight is 1880 g/mol. The predicted octanol–water partition coefficient (Wildman–Crippen LogP) is -11.0. The highest BCUT2D eigenvalue weighted by Gasteiger charge is 2.45. The topological polar surface area (TPSA) is 827 Å². The van der Waals surface area contributed by atoms with Crippen molar-refractivity contribution in [3.05, 3.63) is 59.7 Å². The lowest BCUT2D eigenvalue weighted by Gasteiger charge is -2.34. The number of phenols is 2. The van der Waals surface area contributed by atoms with E-state index in [1.807, 2.05) is 0 Å². The van der Waals surface area contributed by atoms with E-state index < -0.39 is 252 Å². The lowest BCUT2D eigenvalue weighted by atomic mass is 9.95. The Hall–Kier alpha value is -11.4. The van der Waals surface area contributed by atoms with Crippen molar-refractivity contribution in [3.63, 3.8) is 0 Å². The number of nitrogens with one attached hydrogen (secondary N) is 16. The van der Waals surface area contributed by atoms with E-state index in [0.717, 1.165) is 4.90 Å². The first-order chi connectivity index (χ1) is 61.3. The van der Waals surface area contributed by atoms with Gasteiger partial charge in [0.05, 0.1) is 31.8 Å². The largest absolute Gasteiger partial charge is 0.508 e. The van der Waals surface area contributed by atoms with Gasteiger partial charge in [-0.3, -0.25) is 82.1 Å². The number of rotatable bonds is 59. The molecule has 0 aromatic heterocycles. The highest BCUT2D eigenvalue weighted by molar-refractivity contribution is 7.81. The molecule has 728 valence electrons. The van der Waals surface area contributed by atoms with Gasteiger partial charge in [-0.1, -0.05) is 58.4 Å². The van der Waals surface area contributed by atoms with E-state index in [0.29, 0.717) is 24.0 Å². The third-order valence-electron chi connectivity index (χ3n) is 21.0. The van der Waals surface area contributed by atoms with Gasteiger partial charge in [0.25, 0.3) is 0 Å². The van der Waals surface area contributed by atoms with E-state index >= 15 is 0 Å². The SMILES string of the molecule is CC[C@H](C)[C@H](NC(=O)[C@@H]1C[C@@H](O)CN1C(=O)[C@@H](N)C(C)C)C(=O)N[C@H](C(=O)N[C@@H](Cc1ccc(O)cc1)C(=O)N[C@@H](CO)C(=O)N[C@@H](CC(N)=O)C(=O)N[C@@H](CCCNC(=N)N)C(=O)N[C@@H](CCN)C(=O)N[C@@H](CO)C(=O)N[C@H](CCN)C(=O)N[C@@H](CCCCN)C(=O)N[C@@H](CCN)C(=O)N[C@@H](CCN)C(=O)N[C@@H](CS)C(=O)N[C@@H](Cc1ccc(O)cc1)C(=O)O)C(C)(C)S. The third kappa shape index (κ3) is 38.0. The van der Waals surface area contributed by atoms with Gasteiger partial charge in [-0.15, -0.1) is 0 Å². The molecular formula is C80H133N25O23S2. The van der Waals surface area contributed by atoms with Crippen molar-refractivity contribution in [2.24, 2.45) is 57.7 Å². The van der Waals surface area contributed by atoms with E-state index in [9.17, 15) is 112 Å². The maximum absolute atomic E-state index is 14.7. The van der Waals surface area contributed by atoms with Gasteiger partial charge in [0.2, 0.25) is 94.5 Å². The Morgan fingerprint density at radius 1 is 0.477 bits per heavy atom. The molecule has 0 spiro atoms. The van der Waals surface area contributed by atoms with E-state index in [4.69, 9.17) is 51.3 Å². The molecule has 0 bridgehead atoms. The molecule has 0 aliphatic carbocycles. The normalized spacial score (nSPS) is 16.8. The summed E-state index contributed by atoms with van der Waals surface area (Å²) in [6.45, 7) is 5.94. The second-order valence-electron chi connectivity index (χ2n) is 32.2. The quantitative estimate of drug-likeness (QED) is 0.0127. The number of thiol groups is 2. The number of phenolic OH excluding ortho intramolecular Hbond substituents is 2. The van der Waals surface area contributed by atoms with Gasteiger partial charge < -0.3 is 161 Å². The van der Waals surface area contributed by atoms with Crippen molar-refractivity contribution in [2.75, 3.05) is 64.8 Å². The van der Waals surface area contributed by atoms with Crippen molar-refractivity contribution >= 4 is 132 Å². The standard InChI is InChI=1S/C80H133N25O23S2/c1-7-40(4)61(103-74(123)58-33-45(110)35-105(58)77(126)60(87)39(2)3)75(124)104-62(80(5,6)130)76(125)98-52(31-41-13-17-43(108)18-14-41)69(118)101-56(37-107)72(121)97-53(34-59(86)111)70(119)92-47(12-10-30-90-79(88)89)64(113)94-50(23-28-84)67(116)100-55(36-106)71(120)96-49(22-27-83)65(114)91-46(11-8-9-25-81)63(112)93-48(21-26-82)66(115)95-51(24-29-85)68(117)102-57(38-129)73(122)99-54(78(127)128)32-42-15-19-44(109)20-16-42/h13-20,39-40,45-58,60-62,106-110,129-130H,7-12,21-38,81-85,87H2,1-6H3,(H2,86,111)(H,91,114)(H,92,119)(H,93,112)(H,94,113)(H,95,115)(H,96,120)(H,97,121)(H,98,125)(H,99,122)(H,100,116)(H,101,118)(H,102,117)(H,103,123)(H,104,124)(H,127,128)(H4,88,89,90)/t40-,45+,46-,47-,48-,49+,50-,51-,52-,53-,54-,55-,56-,57-,58-,60-,61-,62+/m0/s1. The highest BCUT2D eigenvalue weighted by Crippen LogP contribution is 2.24. The Bertz CT molecular complexity index is 4140. The number of aromatic hydroxyl groups is 2. The van der Waals surface area contributed by atoms with Crippen LogP contribution in [0, 0.1) is 17.2 Å². The summed E-state index contributed by atoms with van der Waals surface area (Å²) in [5.41, 5.74) is 47.2. The number of carbonyl (C=O) groups is 17. The summed E-state index contributed by atoms with van der Waals surface area (Å²) < 4.78 is -1.48. The lowest BCUT2D eigenvalue weighted by Crippen LogP contribution is -2.64. The summed E-state index contributed by atoms with van der Waals surface area (Å²) in [6.07, 6.45) is -3.99. The van der Waals surface area contributed by atoms with Crippen molar-refractivity contribution < 1.29 is 112 Å². The summed E-state index contributed by atoms with van der Waals surface area (Å²) >= 11 is 8.77. The number of aliphatic hydroxyl groups is 3. The second-order valence-corrected chi connectivity index (χ2v) is 33.8. The summed E-state index contributed by atoms with van der Waals surface area (Å²) in [5.74, 6) is -20.5. The molecule has 1 heterocycles. The molecule has 3 rings (SSSR count). The summed E-state index contributed by atoms with van der Waals surface area (Å²) in [6, 6.07) is -14.7.